The molecular weight excluding hydrogens is 298 g/mol. The van der Waals surface area contributed by atoms with Crippen LogP contribution in [-0.2, 0) is 19.5 Å². The van der Waals surface area contributed by atoms with E-state index in [4.69, 9.17) is 10.5 Å². The Labute approximate surface area is 133 Å². The summed E-state index contributed by atoms with van der Waals surface area (Å²) in [5.41, 5.74) is 8.47. The molecule has 0 saturated heterocycles. The quantitative estimate of drug-likeness (QED) is 0.673. The molecule has 0 amide bonds. The summed E-state index contributed by atoms with van der Waals surface area (Å²) in [6.07, 6.45) is 2.52. The lowest BCUT2D eigenvalue weighted by molar-refractivity contribution is -0.385. The summed E-state index contributed by atoms with van der Waals surface area (Å²) in [5.74, 6) is 0.938. The van der Waals surface area contributed by atoms with Gasteiger partial charge in [0, 0.05) is 55.5 Å². The van der Waals surface area contributed by atoms with Crippen molar-refractivity contribution in [1.29, 1.82) is 0 Å². The zero-order chi connectivity index (χ0) is 16.4. The Kier molecular flexibility index (Phi) is 4.07. The van der Waals surface area contributed by atoms with E-state index in [1.54, 1.807) is 25.4 Å². The molecule has 0 atom stereocenters. The fourth-order valence-electron chi connectivity index (χ4n) is 2.77. The van der Waals surface area contributed by atoms with Gasteiger partial charge in [0.05, 0.1) is 17.7 Å². The average molecular weight is 315 g/mol. The van der Waals surface area contributed by atoms with Gasteiger partial charge in [0.25, 0.3) is 5.69 Å². The van der Waals surface area contributed by atoms with Gasteiger partial charge in [-0.3, -0.25) is 15.0 Å². The average Bonchev–Trinajstić information content (AvgIpc) is 2.55. The normalized spacial score (nSPS) is 14.3. The summed E-state index contributed by atoms with van der Waals surface area (Å²) in [5, 5.41) is 11.0. The third-order valence-corrected chi connectivity index (χ3v) is 3.90. The molecule has 120 valence electrons. The molecule has 1 aliphatic heterocycles. The molecular formula is C15H17N5O3. The van der Waals surface area contributed by atoms with Crippen molar-refractivity contribution in [3.8, 4) is 5.75 Å². The van der Waals surface area contributed by atoms with Crippen molar-refractivity contribution in [3.05, 3.63) is 51.3 Å². The van der Waals surface area contributed by atoms with Crippen LogP contribution in [0.2, 0.25) is 0 Å². The molecule has 8 heteroatoms. The highest BCUT2D eigenvalue weighted by atomic mass is 16.6. The molecule has 8 nitrogen and oxygen atoms in total. The molecule has 0 saturated carbocycles. The molecule has 3 rings (SSSR count). The second-order valence-corrected chi connectivity index (χ2v) is 5.41. The Bertz CT molecular complexity index is 750. The largest absolute Gasteiger partial charge is 0.496 e. The van der Waals surface area contributed by atoms with Crippen LogP contribution in [0.5, 0.6) is 5.75 Å². The molecule has 0 unspecified atom stereocenters. The van der Waals surface area contributed by atoms with Crippen molar-refractivity contribution in [1.82, 2.24) is 14.9 Å². The lowest BCUT2D eigenvalue weighted by Crippen LogP contribution is -2.31. The lowest BCUT2D eigenvalue weighted by atomic mass is 10.1. The van der Waals surface area contributed by atoms with Gasteiger partial charge in [-0.2, -0.15) is 0 Å². The monoisotopic (exact) mass is 315 g/mol. The van der Waals surface area contributed by atoms with Crippen LogP contribution in [0.25, 0.3) is 0 Å². The predicted octanol–water partition coefficient (Wildman–Crippen LogP) is 1.53. The van der Waals surface area contributed by atoms with Crippen molar-refractivity contribution in [2.24, 2.45) is 0 Å². The fraction of sp³-hybridized carbons (Fsp3) is 0.333. The Hall–Kier alpha value is -2.74. The number of non-ortho nitro benzene ring substituents is 1. The maximum atomic E-state index is 11.0. The summed E-state index contributed by atoms with van der Waals surface area (Å²) in [6.45, 7) is 2.05. The molecule has 0 radical (unpaired) electrons. The number of nitro benzene ring substituents is 1. The molecule has 0 fully saturated rings. The van der Waals surface area contributed by atoms with E-state index < -0.39 is 4.92 Å². The Morgan fingerprint density at radius 2 is 2.30 bits per heavy atom. The summed E-state index contributed by atoms with van der Waals surface area (Å²) >= 11 is 0. The number of hydrogen-bond acceptors (Lipinski definition) is 7. The number of rotatable bonds is 4. The van der Waals surface area contributed by atoms with Crippen molar-refractivity contribution in [2.75, 3.05) is 19.4 Å². The van der Waals surface area contributed by atoms with Gasteiger partial charge in [0.2, 0.25) is 5.95 Å². The number of nitrogen functional groups attached to an aromatic ring is 1. The first kappa shape index (κ1) is 15.2. The van der Waals surface area contributed by atoms with Crippen LogP contribution in [0.1, 0.15) is 16.8 Å². The van der Waals surface area contributed by atoms with Crippen LogP contribution in [0.4, 0.5) is 11.6 Å². The molecule has 0 bridgehead atoms. The number of fused-ring (bicyclic) bond motifs is 1. The van der Waals surface area contributed by atoms with Crippen molar-refractivity contribution in [3.63, 3.8) is 0 Å². The van der Waals surface area contributed by atoms with Crippen molar-refractivity contribution in [2.45, 2.75) is 19.5 Å². The molecule has 1 aromatic heterocycles. The highest BCUT2D eigenvalue weighted by molar-refractivity contribution is 5.44. The van der Waals surface area contributed by atoms with Crippen LogP contribution in [0.3, 0.4) is 0 Å². The summed E-state index contributed by atoms with van der Waals surface area (Å²) in [4.78, 5) is 21.0. The molecule has 1 aliphatic rings. The molecule has 2 aromatic rings. The Morgan fingerprint density at radius 3 is 3.04 bits per heavy atom. The number of benzene rings is 1. The zero-order valence-corrected chi connectivity index (χ0v) is 12.7. The van der Waals surface area contributed by atoms with E-state index in [9.17, 15) is 10.1 Å². The number of hydrogen-bond donors (Lipinski definition) is 1. The maximum Gasteiger partial charge on any atom is 0.270 e. The Morgan fingerprint density at radius 1 is 1.48 bits per heavy atom. The van der Waals surface area contributed by atoms with Gasteiger partial charge >= 0.3 is 0 Å². The van der Waals surface area contributed by atoms with E-state index in [-0.39, 0.29) is 11.6 Å². The SMILES string of the molecule is COc1ccc([N+](=O)[O-])cc1CN1CCc2nc(N)ncc2C1. The zero-order valence-electron chi connectivity index (χ0n) is 12.7. The summed E-state index contributed by atoms with van der Waals surface area (Å²) in [6, 6.07) is 4.65. The van der Waals surface area contributed by atoms with Gasteiger partial charge in [0.1, 0.15) is 5.75 Å². The van der Waals surface area contributed by atoms with Crippen molar-refractivity contribution < 1.29 is 9.66 Å². The second kappa shape index (κ2) is 6.17. The fourth-order valence-corrected chi connectivity index (χ4v) is 2.77. The first-order valence-corrected chi connectivity index (χ1v) is 7.20. The van der Waals surface area contributed by atoms with Crippen LogP contribution < -0.4 is 10.5 Å². The predicted molar refractivity (Wildman–Crippen MR) is 83.9 cm³/mol. The first-order valence-electron chi connectivity index (χ1n) is 7.20. The molecule has 0 spiro atoms. The van der Waals surface area contributed by atoms with E-state index in [1.165, 1.54) is 6.07 Å². The van der Waals surface area contributed by atoms with Gasteiger partial charge in [-0.05, 0) is 6.07 Å². The van der Waals surface area contributed by atoms with E-state index in [0.717, 1.165) is 29.8 Å². The molecule has 1 aromatic carbocycles. The third kappa shape index (κ3) is 3.21. The van der Waals surface area contributed by atoms with Gasteiger partial charge in [0.15, 0.2) is 0 Å². The summed E-state index contributed by atoms with van der Waals surface area (Å²) < 4.78 is 5.32. The van der Waals surface area contributed by atoms with Gasteiger partial charge in [-0.1, -0.05) is 0 Å². The molecule has 0 aliphatic carbocycles. The van der Waals surface area contributed by atoms with Crippen LogP contribution in [-0.4, -0.2) is 33.4 Å². The number of nitro groups is 1. The van der Waals surface area contributed by atoms with E-state index >= 15 is 0 Å². The number of aromatic nitrogens is 2. The molecule has 23 heavy (non-hydrogen) atoms. The Balaban J connectivity index is 1.81. The highest BCUT2D eigenvalue weighted by Gasteiger charge is 2.20. The minimum Gasteiger partial charge on any atom is -0.496 e. The third-order valence-electron chi connectivity index (χ3n) is 3.90. The lowest BCUT2D eigenvalue weighted by Gasteiger charge is -2.28. The number of nitrogens with zero attached hydrogens (tertiary/aromatic N) is 4. The van der Waals surface area contributed by atoms with E-state index in [2.05, 4.69) is 14.9 Å². The second-order valence-electron chi connectivity index (χ2n) is 5.41. The smallest absolute Gasteiger partial charge is 0.270 e. The molecule has 2 N–H and O–H groups in total. The van der Waals surface area contributed by atoms with Gasteiger partial charge < -0.3 is 10.5 Å². The number of methoxy groups -OCH3 is 1. The minimum atomic E-state index is -0.398. The van der Waals surface area contributed by atoms with Gasteiger partial charge in [-0.15, -0.1) is 0 Å². The van der Waals surface area contributed by atoms with Crippen LogP contribution >= 0.6 is 0 Å². The van der Waals surface area contributed by atoms with E-state index in [0.29, 0.717) is 18.8 Å². The number of ether oxygens (including phenoxy) is 1. The number of anilines is 1. The first-order chi connectivity index (χ1) is 11.1. The molecule has 2 heterocycles. The standard InChI is InChI=1S/C15H17N5O3/c1-23-14-3-2-12(20(21)22)6-10(14)8-19-5-4-13-11(9-19)7-17-15(16)18-13/h2-3,6-7H,4-5,8-9H2,1H3,(H2,16,17,18). The van der Waals surface area contributed by atoms with Crippen LogP contribution in [0, 0.1) is 10.1 Å². The summed E-state index contributed by atoms with van der Waals surface area (Å²) in [7, 11) is 1.56. The van der Waals surface area contributed by atoms with E-state index in [1.807, 2.05) is 0 Å². The van der Waals surface area contributed by atoms with Gasteiger partial charge in [-0.25, -0.2) is 9.97 Å². The van der Waals surface area contributed by atoms with Crippen LogP contribution in [0.15, 0.2) is 24.4 Å². The minimum absolute atomic E-state index is 0.0642. The highest BCUT2D eigenvalue weighted by Crippen LogP contribution is 2.27. The topological polar surface area (TPSA) is 107 Å². The maximum absolute atomic E-state index is 11.0. The number of nitrogens with two attached hydrogens (primary N) is 1. The van der Waals surface area contributed by atoms with Crippen molar-refractivity contribution >= 4 is 11.6 Å².